The van der Waals surface area contributed by atoms with Crippen molar-refractivity contribution in [3.05, 3.63) is 65.2 Å². The van der Waals surface area contributed by atoms with Crippen molar-refractivity contribution in [3.8, 4) is 5.75 Å². The topological polar surface area (TPSA) is 105 Å². The molecule has 1 heterocycles. The fourth-order valence-electron chi connectivity index (χ4n) is 4.23. The number of rotatable bonds is 10. The van der Waals surface area contributed by atoms with Crippen molar-refractivity contribution in [2.24, 2.45) is 0 Å². The van der Waals surface area contributed by atoms with Crippen LogP contribution in [0.5, 0.6) is 5.75 Å². The maximum Gasteiger partial charge on any atom is 0.410 e. The van der Waals surface area contributed by atoms with Gasteiger partial charge in [0.15, 0.2) is 0 Å². The number of likely N-dealkylation sites (tertiary alicyclic amines) is 1. The highest BCUT2D eigenvalue weighted by Gasteiger charge is 2.37. The largest absolute Gasteiger partial charge is 0.508 e. The molecule has 0 aromatic heterocycles. The highest BCUT2D eigenvalue weighted by molar-refractivity contribution is 5.90. The van der Waals surface area contributed by atoms with Crippen LogP contribution in [-0.2, 0) is 38.5 Å². The minimum atomic E-state index is -0.918. The van der Waals surface area contributed by atoms with Crippen molar-refractivity contribution in [2.75, 3.05) is 13.7 Å². The van der Waals surface area contributed by atoms with Gasteiger partial charge >= 0.3 is 12.1 Å². The number of benzene rings is 2. The molecule has 0 bridgehead atoms. The molecular weight excluding hydrogens is 448 g/mol. The zero-order valence-electron chi connectivity index (χ0n) is 20.4. The predicted molar refractivity (Wildman–Crippen MR) is 131 cm³/mol. The number of carbonyl (C=O) groups excluding carboxylic acids is 3. The van der Waals surface area contributed by atoms with Crippen molar-refractivity contribution >= 4 is 18.0 Å². The van der Waals surface area contributed by atoms with Crippen LogP contribution >= 0.6 is 0 Å². The highest BCUT2D eigenvalue weighted by atomic mass is 16.6. The Morgan fingerprint density at radius 2 is 1.91 bits per heavy atom. The molecule has 1 aliphatic heterocycles. The van der Waals surface area contributed by atoms with E-state index in [4.69, 9.17) is 9.47 Å². The number of nitrogens with zero attached hydrogens (tertiary/aromatic N) is 1. The number of carbonyl (C=O) groups is 3. The Labute approximate surface area is 206 Å². The van der Waals surface area contributed by atoms with Gasteiger partial charge in [-0.15, -0.1) is 0 Å². The van der Waals surface area contributed by atoms with Crippen molar-refractivity contribution < 1.29 is 29.0 Å². The molecule has 2 aromatic rings. The molecule has 1 saturated heterocycles. The lowest BCUT2D eigenvalue weighted by molar-refractivity contribution is -0.145. The number of hydrogen-bond acceptors (Lipinski definition) is 6. The number of nitrogens with one attached hydrogen (secondary N) is 1. The molecule has 8 heteroatoms. The third-order valence-electron chi connectivity index (χ3n) is 6.18. The number of esters is 1. The Morgan fingerprint density at radius 3 is 2.63 bits per heavy atom. The van der Waals surface area contributed by atoms with E-state index in [2.05, 4.69) is 12.2 Å². The number of phenolic OH excluding ortho intramolecular Hbond substituents is 1. The molecule has 0 aliphatic carbocycles. The summed E-state index contributed by atoms with van der Waals surface area (Å²) in [5, 5.41) is 12.9. The van der Waals surface area contributed by atoms with E-state index in [9.17, 15) is 19.5 Å². The molecule has 2 N–H and O–H groups in total. The molecule has 8 nitrogen and oxygen atoms in total. The van der Waals surface area contributed by atoms with E-state index in [-0.39, 0.29) is 18.8 Å². The van der Waals surface area contributed by atoms with Crippen molar-refractivity contribution in [2.45, 2.75) is 64.1 Å². The number of aromatic hydroxyl groups is 1. The Bertz CT molecular complexity index is 1010. The molecule has 2 atom stereocenters. The summed E-state index contributed by atoms with van der Waals surface area (Å²) in [5.74, 6) is -0.770. The van der Waals surface area contributed by atoms with Crippen molar-refractivity contribution in [1.82, 2.24) is 10.2 Å². The number of amides is 2. The number of unbranched alkanes of at least 4 members (excludes halogenated alkanes) is 1. The molecule has 1 aliphatic rings. The van der Waals surface area contributed by atoms with Gasteiger partial charge in [0.2, 0.25) is 5.91 Å². The number of ether oxygens (including phenoxy) is 2. The van der Waals surface area contributed by atoms with Crippen molar-refractivity contribution in [3.63, 3.8) is 0 Å². The summed E-state index contributed by atoms with van der Waals surface area (Å²) < 4.78 is 10.3. The summed E-state index contributed by atoms with van der Waals surface area (Å²) in [7, 11) is 1.27. The molecule has 35 heavy (non-hydrogen) atoms. The van der Waals surface area contributed by atoms with E-state index in [1.807, 2.05) is 36.4 Å². The van der Waals surface area contributed by atoms with Crippen LogP contribution in [0.15, 0.2) is 48.5 Å². The minimum absolute atomic E-state index is 0.122. The average molecular weight is 483 g/mol. The van der Waals surface area contributed by atoms with Crippen LogP contribution < -0.4 is 5.32 Å². The molecule has 2 amide bonds. The second-order valence-electron chi connectivity index (χ2n) is 8.75. The van der Waals surface area contributed by atoms with E-state index < -0.39 is 30.1 Å². The van der Waals surface area contributed by atoms with E-state index in [1.54, 1.807) is 12.1 Å². The molecule has 0 radical (unpaired) electrons. The zero-order chi connectivity index (χ0) is 25.2. The molecule has 3 rings (SSSR count). The second kappa shape index (κ2) is 12.8. The fourth-order valence-corrected chi connectivity index (χ4v) is 4.23. The first-order chi connectivity index (χ1) is 16.9. The number of hydrogen-bond donors (Lipinski definition) is 2. The van der Waals surface area contributed by atoms with Gasteiger partial charge < -0.3 is 19.9 Å². The Balaban J connectivity index is 1.65. The van der Waals surface area contributed by atoms with Gasteiger partial charge in [0.05, 0.1) is 7.11 Å². The molecule has 0 saturated carbocycles. The van der Waals surface area contributed by atoms with E-state index in [1.165, 1.54) is 12.0 Å². The van der Waals surface area contributed by atoms with Crippen LogP contribution in [0, 0.1) is 0 Å². The summed E-state index contributed by atoms with van der Waals surface area (Å²) in [6.07, 6.45) is 3.47. The summed E-state index contributed by atoms with van der Waals surface area (Å²) >= 11 is 0. The SMILES string of the molecule is CCCCc1cc(C[C@H](NC(=O)[C@@H]2CCCN2C(=O)OCc2ccccc2)C(=O)OC)ccc1O. The first-order valence-corrected chi connectivity index (χ1v) is 12.1. The molecule has 188 valence electrons. The highest BCUT2D eigenvalue weighted by Crippen LogP contribution is 2.23. The Kier molecular flexibility index (Phi) is 9.52. The summed E-state index contributed by atoms with van der Waals surface area (Å²) in [4.78, 5) is 39.7. The predicted octanol–water partition coefficient (Wildman–Crippen LogP) is 3.74. The van der Waals surface area contributed by atoms with Gasteiger partial charge in [-0.2, -0.15) is 0 Å². The quantitative estimate of drug-likeness (QED) is 0.500. The smallest absolute Gasteiger partial charge is 0.410 e. The Hall–Kier alpha value is -3.55. The van der Waals surface area contributed by atoms with Gasteiger partial charge in [-0.1, -0.05) is 55.8 Å². The number of methoxy groups -OCH3 is 1. The number of phenols is 1. The second-order valence-corrected chi connectivity index (χ2v) is 8.75. The third kappa shape index (κ3) is 7.21. The van der Waals surface area contributed by atoms with Gasteiger partial charge in [-0.3, -0.25) is 9.69 Å². The summed E-state index contributed by atoms with van der Waals surface area (Å²) in [6.45, 7) is 2.61. The molecule has 0 spiro atoms. The maximum absolute atomic E-state index is 13.1. The Morgan fingerprint density at radius 1 is 1.14 bits per heavy atom. The van der Waals surface area contributed by atoms with Crippen LogP contribution in [0.4, 0.5) is 4.79 Å². The van der Waals surface area contributed by atoms with Crippen LogP contribution in [0.1, 0.15) is 49.3 Å². The first-order valence-electron chi connectivity index (χ1n) is 12.1. The lowest BCUT2D eigenvalue weighted by atomic mass is 9.99. The zero-order valence-corrected chi connectivity index (χ0v) is 20.4. The first kappa shape index (κ1) is 26.1. The van der Waals surface area contributed by atoms with Gasteiger partial charge in [-0.05, 0) is 48.4 Å². The van der Waals surface area contributed by atoms with Crippen LogP contribution in [-0.4, -0.2) is 53.7 Å². The molecule has 0 unspecified atom stereocenters. The molecule has 1 fully saturated rings. The van der Waals surface area contributed by atoms with E-state index in [0.29, 0.717) is 19.4 Å². The van der Waals surface area contributed by atoms with Gasteiger partial charge in [0, 0.05) is 13.0 Å². The van der Waals surface area contributed by atoms with Gasteiger partial charge in [-0.25, -0.2) is 9.59 Å². The maximum atomic E-state index is 13.1. The van der Waals surface area contributed by atoms with Gasteiger partial charge in [0.1, 0.15) is 24.4 Å². The van der Waals surface area contributed by atoms with Crippen LogP contribution in [0.3, 0.4) is 0 Å². The van der Waals surface area contributed by atoms with E-state index >= 15 is 0 Å². The van der Waals surface area contributed by atoms with Crippen LogP contribution in [0.2, 0.25) is 0 Å². The lowest BCUT2D eigenvalue weighted by Gasteiger charge is -2.25. The van der Waals surface area contributed by atoms with Gasteiger partial charge in [0.25, 0.3) is 0 Å². The summed E-state index contributed by atoms with van der Waals surface area (Å²) in [6, 6.07) is 12.9. The average Bonchev–Trinajstić information content (AvgIpc) is 3.37. The monoisotopic (exact) mass is 482 g/mol. The molecule has 2 aromatic carbocycles. The fraction of sp³-hybridized carbons (Fsp3) is 0.444. The van der Waals surface area contributed by atoms with E-state index in [0.717, 1.165) is 36.0 Å². The standard InChI is InChI=1S/C27H34N2O6/c1-3-4-11-21-16-20(13-14-24(21)30)17-22(26(32)34-2)28-25(31)23-12-8-15-29(23)27(33)35-18-19-9-6-5-7-10-19/h5-7,9-10,13-14,16,22-23,30H,3-4,8,11-12,15,17-18H2,1-2H3,(H,28,31)/t22-,23-/m0/s1. The number of aryl methyl sites for hydroxylation is 1. The summed E-state index contributed by atoms with van der Waals surface area (Å²) in [5.41, 5.74) is 2.47. The van der Waals surface area contributed by atoms with Crippen LogP contribution in [0.25, 0.3) is 0 Å². The minimum Gasteiger partial charge on any atom is -0.508 e. The lowest BCUT2D eigenvalue weighted by Crippen LogP contribution is -2.51. The normalized spacial score (nSPS) is 15.9. The van der Waals surface area contributed by atoms with Crippen molar-refractivity contribution in [1.29, 1.82) is 0 Å². The third-order valence-corrected chi connectivity index (χ3v) is 6.18. The molecular formula is C27H34N2O6.